The molecule has 2 aliphatic heterocycles. The third-order valence-corrected chi connectivity index (χ3v) is 6.31. The molecule has 5 N–H and O–H groups in total. The Kier molecular flexibility index (Phi) is 9.27. The summed E-state index contributed by atoms with van der Waals surface area (Å²) in [6.45, 7) is 0.758. The van der Waals surface area contributed by atoms with Crippen LogP contribution in [0.2, 0.25) is 0 Å². The van der Waals surface area contributed by atoms with E-state index in [0.717, 1.165) is 37.8 Å². The van der Waals surface area contributed by atoms with E-state index in [1.54, 1.807) is 12.1 Å². The topological polar surface area (TPSA) is 211 Å². The zero-order valence-electron chi connectivity index (χ0n) is 20.5. The number of carboxylic acid groups (broad SMARTS) is 2. The third kappa shape index (κ3) is 7.46. The van der Waals surface area contributed by atoms with Crippen LogP contribution in [0.3, 0.4) is 0 Å². The molecular formula is C24H28N6O8. The number of nitro groups is 1. The first-order valence-electron chi connectivity index (χ1n) is 11.7. The van der Waals surface area contributed by atoms with E-state index in [0.29, 0.717) is 24.2 Å². The lowest BCUT2D eigenvalue weighted by Crippen LogP contribution is -2.50. The van der Waals surface area contributed by atoms with Crippen molar-refractivity contribution < 1.29 is 34.3 Å². The number of nitrogens with zero attached hydrogens (tertiary/aromatic N) is 4. The van der Waals surface area contributed by atoms with Gasteiger partial charge in [0.1, 0.15) is 5.56 Å². The maximum atomic E-state index is 12.7. The standard InChI is InChI=1S/C20H24N6O4.C4H4O4/c1-30-19-17(10-22-20(21)24-19)18(27)23-13-8-15-6-7-16(9-13)25(15)11-12-2-4-14(5-3-12)26(28)29;5-3(6)1-2-4(7)8/h2-5,10,13,15-16H,6-9,11H2,1H3,(H,23,27)(H2,21,22,24);1-2H,(H,5,6)(H,7,8). The summed E-state index contributed by atoms with van der Waals surface area (Å²) in [6.07, 6.45) is 6.37. The molecule has 2 unspecified atom stereocenters. The van der Waals surface area contributed by atoms with E-state index in [2.05, 4.69) is 20.2 Å². The van der Waals surface area contributed by atoms with Crippen LogP contribution in [-0.2, 0) is 16.1 Å². The summed E-state index contributed by atoms with van der Waals surface area (Å²) < 4.78 is 5.16. The molecule has 14 heteroatoms. The number of amides is 1. The Bertz CT molecular complexity index is 1190. The number of anilines is 1. The van der Waals surface area contributed by atoms with Gasteiger partial charge in [-0.15, -0.1) is 0 Å². The number of ether oxygens (including phenoxy) is 1. The minimum atomic E-state index is -1.26. The van der Waals surface area contributed by atoms with Gasteiger partial charge in [-0.3, -0.25) is 19.8 Å². The average molecular weight is 529 g/mol. The molecule has 0 saturated carbocycles. The number of carbonyl (C=O) groups is 3. The van der Waals surface area contributed by atoms with Gasteiger partial charge in [-0.1, -0.05) is 12.1 Å². The van der Waals surface area contributed by atoms with E-state index >= 15 is 0 Å². The van der Waals surface area contributed by atoms with Gasteiger partial charge >= 0.3 is 11.9 Å². The van der Waals surface area contributed by atoms with Crippen molar-refractivity contribution in [2.75, 3.05) is 12.8 Å². The molecule has 4 rings (SSSR count). The van der Waals surface area contributed by atoms with Gasteiger partial charge in [0.05, 0.1) is 12.0 Å². The van der Waals surface area contributed by atoms with Crippen molar-refractivity contribution in [2.24, 2.45) is 0 Å². The predicted molar refractivity (Wildman–Crippen MR) is 133 cm³/mol. The van der Waals surface area contributed by atoms with Gasteiger partial charge in [-0.05, 0) is 31.2 Å². The Morgan fingerprint density at radius 1 is 1.16 bits per heavy atom. The van der Waals surface area contributed by atoms with Crippen LogP contribution in [0.25, 0.3) is 0 Å². The summed E-state index contributed by atoms with van der Waals surface area (Å²) in [6, 6.07) is 7.53. The summed E-state index contributed by atoms with van der Waals surface area (Å²) in [5, 5.41) is 29.6. The predicted octanol–water partition coefficient (Wildman–Crippen LogP) is 1.61. The Balaban J connectivity index is 0.000000436. The molecule has 1 amide bonds. The van der Waals surface area contributed by atoms with Gasteiger partial charge in [0, 0.05) is 55.2 Å². The number of nitrogens with two attached hydrogens (primary N) is 1. The summed E-state index contributed by atoms with van der Waals surface area (Å²) >= 11 is 0. The number of fused-ring (bicyclic) bond motifs is 2. The SMILES string of the molecule is COc1nc(N)ncc1C(=O)NC1CC2CCC(C1)N2Cc1ccc([N+](=O)[O-])cc1.O=C(O)C=CC(=O)O. The Morgan fingerprint density at radius 2 is 1.74 bits per heavy atom. The van der Waals surface area contributed by atoms with E-state index < -0.39 is 11.9 Å². The number of nitro benzene ring substituents is 1. The molecule has 2 aromatic rings. The monoisotopic (exact) mass is 528 g/mol. The lowest BCUT2D eigenvalue weighted by molar-refractivity contribution is -0.384. The van der Waals surface area contributed by atoms with Gasteiger partial charge in [-0.2, -0.15) is 4.98 Å². The van der Waals surface area contributed by atoms with Crippen molar-refractivity contribution in [2.45, 2.75) is 50.4 Å². The molecule has 2 atom stereocenters. The maximum Gasteiger partial charge on any atom is 0.328 e. The quantitative estimate of drug-likeness (QED) is 0.219. The van der Waals surface area contributed by atoms with E-state index in [9.17, 15) is 24.5 Å². The number of aromatic nitrogens is 2. The minimum Gasteiger partial charge on any atom is -0.480 e. The van der Waals surface area contributed by atoms with Crippen molar-refractivity contribution >= 4 is 29.5 Å². The van der Waals surface area contributed by atoms with Crippen LogP contribution >= 0.6 is 0 Å². The second-order valence-corrected chi connectivity index (χ2v) is 8.78. The number of nitrogen functional groups attached to an aromatic ring is 1. The van der Waals surface area contributed by atoms with Gasteiger partial charge < -0.3 is 26.0 Å². The molecule has 3 heterocycles. The van der Waals surface area contributed by atoms with Crippen LogP contribution in [0.4, 0.5) is 11.6 Å². The number of hydrogen-bond donors (Lipinski definition) is 4. The molecule has 1 aromatic carbocycles. The van der Waals surface area contributed by atoms with Gasteiger partial charge in [0.15, 0.2) is 0 Å². The number of carbonyl (C=O) groups excluding carboxylic acids is 1. The summed E-state index contributed by atoms with van der Waals surface area (Å²) in [5.41, 5.74) is 6.99. The number of rotatable bonds is 8. The third-order valence-electron chi connectivity index (χ3n) is 6.31. The van der Waals surface area contributed by atoms with Crippen LogP contribution in [0.15, 0.2) is 42.6 Å². The second kappa shape index (κ2) is 12.6. The van der Waals surface area contributed by atoms with Gasteiger partial charge in [-0.25, -0.2) is 14.6 Å². The van der Waals surface area contributed by atoms with Crippen LogP contribution in [-0.4, -0.2) is 73.1 Å². The van der Waals surface area contributed by atoms with Crippen LogP contribution in [0.1, 0.15) is 41.6 Å². The Labute approximate surface area is 217 Å². The second-order valence-electron chi connectivity index (χ2n) is 8.78. The number of hydrogen-bond acceptors (Lipinski definition) is 10. The Morgan fingerprint density at radius 3 is 2.24 bits per heavy atom. The molecule has 2 aliphatic rings. The average Bonchev–Trinajstić information content (AvgIpc) is 3.10. The fourth-order valence-electron chi connectivity index (χ4n) is 4.68. The summed E-state index contributed by atoms with van der Waals surface area (Å²) in [7, 11) is 1.44. The molecule has 2 saturated heterocycles. The first-order valence-corrected chi connectivity index (χ1v) is 11.7. The molecule has 2 bridgehead atoms. The zero-order chi connectivity index (χ0) is 27.8. The number of benzene rings is 1. The van der Waals surface area contributed by atoms with Crippen molar-refractivity contribution in [1.29, 1.82) is 0 Å². The van der Waals surface area contributed by atoms with E-state index in [1.165, 1.54) is 13.3 Å². The van der Waals surface area contributed by atoms with Gasteiger partial charge in [0.2, 0.25) is 11.8 Å². The van der Waals surface area contributed by atoms with Crippen LogP contribution in [0.5, 0.6) is 5.88 Å². The first-order chi connectivity index (χ1) is 18.1. The molecule has 0 spiro atoms. The van der Waals surface area contributed by atoms with E-state index in [-0.39, 0.29) is 40.0 Å². The summed E-state index contributed by atoms with van der Waals surface area (Å²) in [5.74, 6) is -2.56. The summed E-state index contributed by atoms with van der Waals surface area (Å²) in [4.78, 5) is 52.6. The smallest absolute Gasteiger partial charge is 0.328 e. The Hall–Kier alpha value is -4.59. The molecule has 1 aromatic heterocycles. The largest absolute Gasteiger partial charge is 0.480 e. The van der Waals surface area contributed by atoms with E-state index in [4.69, 9.17) is 20.7 Å². The molecular weight excluding hydrogens is 500 g/mol. The molecule has 14 nitrogen and oxygen atoms in total. The number of carboxylic acids is 2. The first kappa shape index (κ1) is 28.0. The molecule has 38 heavy (non-hydrogen) atoms. The molecule has 0 aliphatic carbocycles. The van der Waals surface area contributed by atoms with Crippen LogP contribution in [0, 0.1) is 10.1 Å². The number of piperidine rings is 1. The number of non-ortho nitro benzene ring substituents is 1. The maximum absolute atomic E-state index is 12.7. The molecule has 0 radical (unpaired) electrons. The fraction of sp³-hybridized carbons (Fsp3) is 0.375. The normalized spacial score (nSPS) is 20.3. The molecule has 202 valence electrons. The highest BCUT2D eigenvalue weighted by molar-refractivity contribution is 5.96. The number of nitrogens with one attached hydrogen (secondary N) is 1. The van der Waals surface area contributed by atoms with Crippen molar-refractivity contribution in [3.8, 4) is 5.88 Å². The lowest BCUT2D eigenvalue weighted by Gasteiger charge is -2.39. The lowest BCUT2D eigenvalue weighted by atomic mass is 9.96. The van der Waals surface area contributed by atoms with Crippen molar-refractivity contribution in [3.63, 3.8) is 0 Å². The fourth-order valence-corrected chi connectivity index (χ4v) is 4.68. The highest BCUT2D eigenvalue weighted by Gasteiger charge is 2.41. The van der Waals surface area contributed by atoms with E-state index in [1.807, 2.05) is 12.1 Å². The van der Waals surface area contributed by atoms with Crippen molar-refractivity contribution in [1.82, 2.24) is 20.2 Å². The minimum absolute atomic E-state index is 0.0565. The number of aliphatic carboxylic acids is 2. The van der Waals surface area contributed by atoms with Crippen LogP contribution < -0.4 is 15.8 Å². The van der Waals surface area contributed by atoms with Crippen molar-refractivity contribution in [3.05, 3.63) is 63.9 Å². The van der Waals surface area contributed by atoms with Gasteiger partial charge in [0.25, 0.3) is 11.6 Å². The highest BCUT2D eigenvalue weighted by atomic mass is 16.6. The molecule has 2 fully saturated rings. The zero-order valence-corrected chi connectivity index (χ0v) is 20.5. The number of methoxy groups -OCH3 is 1. The highest BCUT2D eigenvalue weighted by Crippen LogP contribution is 2.37.